The van der Waals surface area contributed by atoms with Crippen LogP contribution in [0.1, 0.15) is 49.1 Å². The Kier molecular flexibility index (Phi) is 7.04. The van der Waals surface area contributed by atoms with Gasteiger partial charge in [0.15, 0.2) is 0 Å². The summed E-state index contributed by atoms with van der Waals surface area (Å²) in [5.41, 5.74) is 3.43. The largest absolute Gasteiger partial charge is 0.508 e. The second-order valence-electron chi connectivity index (χ2n) is 14.2. The highest BCUT2D eigenvalue weighted by Crippen LogP contribution is 2.69. The zero-order valence-corrected chi connectivity index (χ0v) is 27.9. The van der Waals surface area contributed by atoms with Crippen LogP contribution in [0.3, 0.4) is 0 Å². The second-order valence-corrected chi connectivity index (χ2v) is 16.4. The number of amides is 3. The van der Waals surface area contributed by atoms with E-state index in [9.17, 15) is 24.3 Å². The Morgan fingerprint density at radius 1 is 0.894 bits per heavy atom. The molecule has 2 bridgehead atoms. The third-order valence-electron chi connectivity index (χ3n) is 10.6. The van der Waals surface area contributed by atoms with Crippen molar-refractivity contribution >= 4 is 52.2 Å². The van der Waals surface area contributed by atoms with Gasteiger partial charge in [0.25, 0.3) is 0 Å². The molecule has 2 saturated carbocycles. The Labute approximate surface area is 280 Å². The van der Waals surface area contributed by atoms with Crippen molar-refractivity contribution in [2.45, 2.75) is 55.3 Å². The minimum Gasteiger partial charge on any atom is -0.508 e. The lowest BCUT2D eigenvalue weighted by atomic mass is 9.68. The van der Waals surface area contributed by atoms with Crippen molar-refractivity contribution in [3.8, 4) is 5.75 Å². The first kappa shape index (κ1) is 30.2. The number of nitrogens with zero attached hydrogens (tertiary/aromatic N) is 2. The average Bonchev–Trinajstić information content (AvgIpc) is 3.77. The molecule has 0 radical (unpaired) electrons. The van der Waals surface area contributed by atoms with Crippen LogP contribution < -0.4 is 15.1 Å². The van der Waals surface area contributed by atoms with Gasteiger partial charge in [-0.25, -0.2) is 0 Å². The SMILES string of the molecule is CC(C)(C)c1ccc(C2c3sc(=O)n(CC(=O)Nc4ccc(O)cc4)c3SC3C4CC(C5C(=O)N(c6ccccc6)C(=O)C45)C23)cc1. The Morgan fingerprint density at radius 2 is 1.55 bits per heavy atom. The monoisotopic (exact) mass is 665 g/mol. The van der Waals surface area contributed by atoms with Crippen molar-refractivity contribution in [3.05, 3.63) is 105 Å². The smallest absolute Gasteiger partial charge is 0.308 e. The molecule has 4 aromatic rings. The van der Waals surface area contributed by atoms with Gasteiger partial charge in [0.05, 0.1) is 22.5 Å². The van der Waals surface area contributed by atoms with Gasteiger partial charge in [0.2, 0.25) is 17.7 Å². The summed E-state index contributed by atoms with van der Waals surface area (Å²) in [6, 6.07) is 24.1. The Morgan fingerprint density at radius 3 is 2.21 bits per heavy atom. The van der Waals surface area contributed by atoms with E-state index >= 15 is 0 Å². The lowest BCUT2D eigenvalue weighted by molar-refractivity contribution is -0.123. The number of phenolic OH excluding ortho intramolecular Hbond substituents is 1. The van der Waals surface area contributed by atoms with Gasteiger partial charge in [0, 0.05) is 21.7 Å². The van der Waals surface area contributed by atoms with Gasteiger partial charge >= 0.3 is 4.87 Å². The van der Waals surface area contributed by atoms with Gasteiger partial charge < -0.3 is 10.4 Å². The molecule has 3 fully saturated rings. The van der Waals surface area contributed by atoms with Crippen LogP contribution in [0.15, 0.2) is 88.7 Å². The summed E-state index contributed by atoms with van der Waals surface area (Å²) in [5.74, 6) is -1.28. The number of hydrogen-bond donors (Lipinski definition) is 2. The van der Waals surface area contributed by atoms with E-state index in [1.165, 1.54) is 33.9 Å². The van der Waals surface area contributed by atoms with Crippen molar-refractivity contribution in [3.63, 3.8) is 0 Å². The number of nitrogens with one attached hydrogen (secondary N) is 1. The van der Waals surface area contributed by atoms with Crippen LogP contribution in [-0.4, -0.2) is 32.6 Å². The van der Waals surface area contributed by atoms with E-state index in [4.69, 9.17) is 0 Å². The number of thioether (sulfide) groups is 1. The fraction of sp³-hybridized carbons (Fsp3) is 0.351. The fourth-order valence-corrected chi connectivity index (χ4v) is 11.7. The van der Waals surface area contributed by atoms with Crippen LogP contribution in [0, 0.1) is 29.6 Å². The van der Waals surface area contributed by atoms with Gasteiger partial charge in [-0.3, -0.25) is 28.6 Å². The number of anilines is 2. The summed E-state index contributed by atoms with van der Waals surface area (Å²) in [4.78, 5) is 57.0. The standard InChI is InChI=1S/C37H35N3O5S2/c1-37(2,3)20-11-9-19(10-12-20)27-28-24-17-25(30-29(24)33(43)40(34(30)44)22-7-5-4-6-8-22)31(28)46-35-32(27)47-36(45)39(35)18-26(42)38-21-13-15-23(41)16-14-21/h4-16,24-25,27-31,41H,17-18H2,1-3H3,(H,38,42). The molecule has 7 unspecified atom stereocenters. The van der Waals surface area contributed by atoms with Gasteiger partial charge in [-0.1, -0.05) is 74.6 Å². The Hall–Kier alpha value is -4.15. The lowest BCUT2D eigenvalue weighted by Gasteiger charge is -2.43. The molecular weight excluding hydrogens is 631 g/mol. The summed E-state index contributed by atoms with van der Waals surface area (Å²) in [5, 5.41) is 13.3. The molecule has 4 aliphatic rings. The van der Waals surface area contributed by atoms with E-state index in [0.29, 0.717) is 11.4 Å². The number of carbonyl (C=O) groups excluding carboxylic acids is 3. The number of fused-ring (bicyclic) bond motifs is 9. The zero-order valence-electron chi connectivity index (χ0n) is 26.3. The lowest BCUT2D eigenvalue weighted by Crippen LogP contribution is -2.43. The fourth-order valence-electron chi connectivity index (χ4n) is 8.54. The van der Waals surface area contributed by atoms with Crippen LogP contribution in [0.2, 0.25) is 0 Å². The van der Waals surface area contributed by atoms with Crippen LogP contribution >= 0.6 is 23.1 Å². The van der Waals surface area contributed by atoms with E-state index in [1.54, 1.807) is 28.5 Å². The van der Waals surface area contributed by atoms with Crippen LogP contribution in [-0.2, 0) is 26.3 Å². The maximum absolute atomic E-state index is 14.0. The van der Waals surface area contributed by atoms with Gasteiger partial charge in [-0.2, -0.15) is 0 Å². The minimum absolute atomic E-state index is 0.0102. The highest BCUT2D eigenvalue weighted by atomic mass is 32.2. The number of thiazole rings is 1. The molecule has 240 valence electrons. The number of imide groups is 1. The number of carbonyl (C=O) groups is 3. The van der Waals surface area contributed by atoms with E-state index in [2.05, 4.69) is 50.4 Å². The molecule has 10 heteroatoms. The number of phenols is 1. The molecule has 2 aliphatic carbocycles. The minimum atomic E-state index is -0.386. The number of aromatic hydroxyl groups is 1. The first-order valence-electron chi connectivity index (χ1n) is 16.0. The highest BCUT2D eigenvalue weighted by Gasteiger charge is 2.69. The maximum atomic E-state index is 14.0. The summed E-state index contributed by atoms with van der Waals surface area (Å²) >= 11 is 2.81. The molecule has 8 nitrogen and oxygen atoms in total. The van der Waals surface area contributed by atoms with Crippen LogP contribution in [0.5, 0.6) is 5.75 Å². The summed E-state index contributed by atoms with van der Waals surface area (Å²) < 4.78 is 1.58. The predicted molar refractivity (Wildman–Crippen MR) is 183 cm³/mol. The maximum Gasteiger partial charge on any atom is 0.308 e. The number of para-hydroxylation sites is 1. The van der Waals surface area contributed by atoms with Gasteiger partial charge in [0.1, 0.15) is 12.3 Å². The summed E-state index contributed by atoms with van der Waals surface area (Å²) in [6.45, 7) is 6.39. The first-order chi connectivity index (χ1) is 22.5. The molecule has 47 heavy (non-hydrogen) atoms. The number of aromatic nitrogens is 1. The third-order valence-corrected chi connectivity index (χ3v) is 13.3. The van der Waals surface area contributed by atoms with E-state index in [1.807, 2.05) is 30.3 Å². The molecule has 2 aliphatic heterocycles. The normalized spacial score (nSPS) is 27.5. The molecule has 0 spiro atoms. The van der Waals surface area contributed by atoms with Crippen molar-refractivity contribution in [1.82, 2.24) is 4.57 Å². The van der Waals surface area contributed by atoms with Gasteiger partial charge in [-0.15, -0.1) is 11.8 Å². The molecule has 8 rings (SSSR count). The van der Waals surface area contributed by atoms with Gasteiger partial charge in [-0.05, 0) is 77.1 Å². The molecule has 1 aromatic heterocycles. The number of benzene rings is 3. The van der Waals surface area contributed by atoms with Crippen molar-refractivity contribution in [2.75, 3.05) is 10.2 Å². The topological polar surface area (TPSA) is 109 Å². The van der Waals surface area contributed by atoms with Crippen molar-refractivity contribution in [2.24, 2.45) is 29.6 Å². The second kappa shape index (κ2) is 11.0. The van der Waals surface area contributed by atoms with Crippen molar-refractivity contribution < 1.29 is 19.5 Å². The van der Waals surface area contributed by atoms with E-state index < -0.39 is 0 Å². The van der Waals surface area contributed by atoms with E-state index in [0.717, 1.165) is 21.9 Å². The van der Waals surface area contributed by atoms with E-state index in [-0.39, 0.29) is 81.1 Å². The van der Waals surface area contributed by atoms with Crippen LogP contribution in [0.4, 0.5) is 11.4 Å². The number of hydrogen-bond acceptors (Lipinski definition) is 7. The Bertz CT molecular complexity index is 1960. The first-order valence-corrected chi connectivity index (χ1v) is 17.7. The molecule has 7 atom stereocenters. The van der Waals surface area contributed by atoms with Crippen LogP contribution in [0.25, 0.3) is 0 Å². The molecular formula is C37H35N3O5S2. The molecule has 3 aromatic carbocycles. The molecule has 2 N–H and O–H groups in total. The van der Waals surface area contributed by atoms with Crippen molar-refractivity contribution in [1.29, 1.82) is 0 Å². The number of rotatable bonds is 5. The Balaban J connectivity index is 1.19. The third kappa shape index (κ3) is 4.79. The molecule has 3 heterocycles. The zero-order chi connectivity index (χ0) is 32.8. The quantitative estimate of drug-likeness (QED) is 0.193. The predicted octanol–water partition coefficient (Wildman–Crippen LogP) is 6.23. The summed E-state index contributed by atoms with van der Waals surface area (Å²) in [7, 11) is 0. The average molecular weight is 666 g/mol. The summed E-state index contributed by atoms with van der Waals surface area (Å²) in [6.07, 6.45) is 0.800. The highest BCUT2D eigenvalue weighted by molar-refractivity contribution is 8.00. The molecule has 1 saturated heterocycles. The molecule has 3 amide bonds.